The van der Waals surface area contributed by atoms with Crippen molar-refractivity contribution in [2.75, 3.05) is 26.2 Å². The lowest BCUT2D eigenvalue weighted by Gasteiger charge is -2.18. The van der Waals surface area contributed by atoms with Crippen molar-refractivity contribution in [2.45, 2.75) is 13.8 Å². The lowest BCUT2D eigenvalue weighted by atomic mass is 10.2. The van der Waals surface area contributed by atoms with Crippen molar-refractivity contribution in [2.24, 2.45) is 0 Å². The quantitative estimate of drug-likeness (QED) is 0.809. The predicted molar refractivity (Wildman–Crippen MR) is 72.1 cm³/mol. The molecule has 0 atom stereocenters. The summed E-state index contributed by atoms with van der Waals surface area (Å²) in [5.74, 6) is 0.647. The zero-order chi connectivity index (χ0) is 12.7. The zero-order valence-corrected chi connectivity index (χ0v) is 11.8. The van der Waals surface area contributed by atoms with E-state index in [0.29, 0.717) is 17.9 Å². The Morgan fingerprint density at radius 2 is 2.06 bits per heavy atom. The third-order valence-electron chi connectivity index (χ3n) is 2.65. The van der Waals surface area contributed by atoms with E-state index in [0.717, 1.165) is 24.1 Å². The maximum Gasteiger partial charge on any atom is 0.138 e. The first-order valence-corrected chi connectivity index (χ1v) is 6.56. The summed E-state index contributed by atoms with van der Waals surface area (Å²) in [7, 11) is 0. The summed E-state index contributed by atoms with van der Waals surface area (Å²) in [4.78, 5) is 2.28. The molecule has 0 aromatic heterocycles. The Bertz CT molecular complexity index is 397. The van der Waals surface area contributed by atoms with E-state index in [1.165, 1.54) is 0 Å². The Morgan fingerprint density at radius 3 is 2.65 bits per heavy atom. The number of halogens is 1. The second-order valence-electron chi connectivity index (χ2n) is 3.60. The van der Waals surface area contributed by atoms with E-state index in [9.17, 15) is 0 Å². The average Bonchev–Trinajstić information content (AvgIpc) is 2.35. The van der Waals surface area contributed by atoms with Gasteiger partial charge in [-0.2, -0.15) is 5.26 Å². The summed E-state index contributed by atoms with van der Waals surface area (Å²) in [6, 6.07) is 7.69. The van der Waals surface area contributed by atoms with Crippen molar-refractivity contribution < 1.29 is 4.74 Å². The Labute approximate surface area is 111 Å². The highest BCUT2D eigenvalue weighted by Crippen LogP contribution is 2.25. The SMILES string of the molecule is CCN(CC)CCOc1cccc(Br)c1C#N. The lowest BCUT2D eigenvalue weighted by Crippen LogP contribution is -2.28. The van der Waals surface area contributed by atoms with Crippen LogP contribution in [-0.4, -0.2) is 31.1 Å². The second kappa shape index (κ2) is 7.31. The van der Waals surface area contributed by atoms with Gasteiger partial charge in [0.25, 0.3) is 0 Å². The lowest BCUT2D eigenvalue weighted by molar-refractivity contribution is 0.222. The van der Waals surface area contributed by atoms with E-state index in [4.69, 9.17) is 10.00 Å². The maximum absolute atomic E-state index is 9.03. The van der Waals surface area contributed by atoms with Crippen LogP contribution in [0.4, 0.5) is 0 Å². The van der Waals surface area contributed by atoms with Crippen LogP contribution in [-0.2, 0) is 0 Å². The standard InChI is InChI=1S/C13H17BrN2O/c1-3-16(4-2)8-9-17-13-7-5-6-12(14)11(13)10-15/h5-7H,3-4,8-9H2,1-2H3. The molecule has 0 unspecified atom stereocenters. The number of benzene rings is 1. The molecule has 0 heterocycles. The number of hydrogen-bond donors (Lipinski definition) is 0. The molecule has 1 rings (SSSR count). The minimum Gasteiger partial charge on any atom is -0.491 e. The van der Waals surface area contributed by atoms with Crippen molar-refractivity contribution in [1.82, 2.24) is 4.90 Å². The smallest absolute Gasteiger partial charge is 0.138 e. The first kappa shape index (κ1) is 14.0. The molecular weight excluding hydrogens is 280 g/mol. The summed E-state index contributed by atoms with van der Waals surface area (Å²) in [5.41, 5.74) is 0.562. The number of likely N-dealkylation sites (N-methyl/N-ethyl adjacent to an activating group) is 1. The minimum atomic E-state index is 0.562. The van der Waals surface area contributed by atoms with E-state index in [-0.39, 0.29) is 0 Å². The van der Waals surface area contributed by atoms with Crippen LogP contribution in [0, 0.1) is 11.3 Å². The highest BCUT2D eigenvalue weighted by Gasteiger charge is 2.07. The molecule has 0 fully saturated rings. The average molecular weight is 297 g/mol. The molecule has 0 spiro atoms. The number of nitrogens with zero attached hydrogens (tertiary/aromatic N) is 2. The van der Waals surface area contributed by atoms with Crippen molar-refractivity contribution in [1.29, 1.82) is 5.26 Å². The van der Waals surface area contributed by atoms with Gasteiger partial charge in [0.15, 0.2) is 0 Å². The van der Waals surface area contributed by atoms with Gasteiger partial charge in [-0.3, -0.25) is 0 Å². The third-order valence-corrected chi connectivity index (χ3v) is 3.31. The largest absolute Gasteiger partial charge is 0.491 e. The molecule has 0 aliphatic heterocycles. The highest BCUT2D eigenvalue weighted by atomic mass is 79.9. The summed E-state index contributed by atoms with van der Waals surface area (Å²) in [6.07, 6.45) is 0. The molecule has 4 heteroatoms. The normalized spacial score (nSPS) is 10.3. The van der Waals surface area contributed by atoms with Gasteiger partial charge in [0.1, 0.15) is 24.0 Å². The van der Waals surface area contributed by atoms with Gasteiger partial charge >= 0.3 is 0 Å². The number of ether oxygens (including phenoxy) is 1. The van der Waals surface area contributed by atoms with Crippen molar-refractivity contribution in [3.63, 3.8) is 0 Å². The topological polar surface area (TPSA) is 36.3 Å². The van der Waals surface area contributed by atoms with E-state index in [1.54, 1.807) is 0 Å². The van der Waals surface area contributed by atoms with Crippen molar-refractivity contribution >= 4 is 15.9 Å². The molecule has 1 aromatic rings. The van der Waals surface area contributed by atoms with Crippen LogP contribution in [0.1, 0.15) is 19.4 Å². The highest BCUT2D eigenvalue weighted by molar-refractivity contribution is 9.10. The number of rotatable bonds is 6. The Balaban J connectivity index is 2.58. The molecule has 0 saturated carbocycles. The monoisotopic (exact) mass is 296 g/mol. The summed E-state index contributed by atoms with van der Waals surface area (Å²) < 4.78 is 6.43. The first-order chi connectivity index (χ1) is 8.22. The summed E-state index contributed by atoms with van der Waals surface area (Å²) >= 11 is 3.34. The number of hydrogen-bond acceptors (Lipinski definition) is 3. The van der Waals surface area contributed by atoms with Gasteiger partial charge in [-0.25, -0.2) is 0 Å². The molecule has 0 bridgehead atoms. The fraction of sp³-hybridized carbons (Fsp3) is 0.462. The zero-order valence-electron chi connectivity index (χ0n) is 10.2. The molecule has 0 radical (unpaired) electrons. The Kier molecular flexibility index (Phi) is 6.03. The molecular formula is C13H17BrN2O. The summed E-state index contributed by atoms with van der Waals surface area (Å²) in [5, 5.41) is 9.03. The van der Waals surface area contributed by atoms with Crippen LogP contribution in [0.25, 0.3) is 0 Å². The molecule has 1 aromatic carbocycles. The number of nitriles is 1. The van der Waals surface area contributed by atoms with Gasteiger partial charge in [0.05, 0.1) is 0 Å². The van der Waals surface area contributed by atoms with Crippen LogP contribution in [0.2, 0.25) is 0 Å². The van der Waals surface area contributed by atoms with Gasteiger partial charge < -0.3 is 9.64 Å². The summed E-state index contributed by atoms with van der Waals surface area (Å²) in [6.45, 7) is 7.77. The Morgan fingerprint density at radius 1 is 1.35 bits per heavy atom. The fourth-order valence-electron chi connectivity index (χ4n) is 1.56. The third kappa shape index (κ3) is 4.03. The van der Waals surface area contributed by atoms with Gasteiger partial charge in [-0.15, -0.1) is 0 Å². The van der Waals surface area contributed by atoms with Crippen LogP contribution >= 0.6 is 15.9 Å². The predicted octanol–water partition coefficient (Wildman–Crippen LogP) is 3.04. The second-order valence-corrected chi connectivity index (χ2v) is 4.45. The van der Waals surface area contributed by atoms with E-state index >= 15 is 0 Å². The molecule has 0 saturated heterocycles. The first-order valence-electron chi connectivity index (χ1n) is 5.76. The van der Waals surface area contributed by atoms with Crippen molar-refractivity contribution in [3.8, 4) is 11.8 Å². The van der Waals surface area contributed by atoms with Crippen molar-refractivity contribution in [3.05, 3.63) is 28.2 Å². The van der Waals surface area contributed by atoms with E-state index in [1.807, 2.05) is 18.2 Å². The van der Waals surface area contributed by atoms with E-state index in [2.05, 4.69) is 40.7 Å². The molecule has 0 aliphatic carbocycles. The van der Waals surface area contributed by atoms with Gasteiger partial charge in [0, 0.05) is 11.0 Å². The molecule has 92 valence electrons. The van der Waals surface area contributed by atoms with Crippen LogP contribution in [0.3, 0.4) is 0 Å². The van der Waals surface area contributed by atoms with Crippen LogP contribution < -0.4 is 4.74 Å². The van der Waals surface area contributed by atoms with Gasteiger partial charge in [-0.05, 0) is 41.2 Å². The molecule has 17 heavy (non-hydrogen) atoms. The molecule has 0 aliphatic rings. The van der Waals surface area contributed by atoms with Crippen LogP contribution in [0.5, 0.6) is 5.75 Å². The van der Waals surface area contributed by atoms with Gasteiger partial charge in [0.2, 0.25) is 0 Å². The molecule has 3 nitrogen and oxygen atoms in total. The Hall–Kier alpha value is -1.05. The maximum atomic E-state index is 9.03. The molecule has 0 N–H and O–H groups in total. The van der Waals surface area contributed by atoms with E-state index < -0.39 is 0 Å². The minimum absolute atomic E-state index is 0.562. The van der Waals surface area contributed by atoms with Gasteiger partial charge in [-0.1, -0.05) is 19.9 Å². The fourth-order valence-corrected chi connectivity index (χ4v) is 1.99. The molecule has 0 amide bonds. The van der Waals surface area contributed by atoms with Crippen LogP contribution in [0.15, 0.2) is 22.7 Å².